The van der Waals surface area contributed by atoms with Crippen molar-refractivity contribution < 1.29 is 22.4 Å². The SMILES string of the molecule is Cc1cc2cc(C(=O)N(Cc3ccc(C(F)(F)F)cn3)Cc3ncccc3F)cnc2nc1N. The Morgan fingerprint density at radius 3 is 2.53 bits per heavy atom. The molecular formula is C23H18F4N6O. The van der Waals surface area contributed by atoms with Crippen LogP contribution in [0, 0.1) is 12.7 Å². The Kier molecular flexibility index (Phi) is 6.10. The third-order valence-corrected chi connectivity index (χ3v) is 5.11. The van der Waals surface area contributed by atoms with Crippen LogP contribution in [0.25, 0.3) is 11.0 Å². The minimum absolute atomic E-state index is 0.00166. The van der Waals surface area contributed by atoms with Crippen molar-refractivity contribution in [2.24, 2.45) is 0 Å². The third kappa shape index (κ3) is 4.92. The molecular weight excluding hydrogens is 452 g/mol. The molecule has 0 aliphatic heterocycles. The van der Waals surface area contributed by atoms with Crippen LogP contribution in [0.4, 0.5) is 23.4 Å². The van der Waals surface area contributed by atoms with Gasteiger partial charge in [-0.05, 0) is 48.9 Å². The van der Waals surface area contributed by atoms with Crippen LogP contribution >= 0.6 is 0 Å². The Balaban J connectivity index is 1.68. The lowest BCUT2D eigenvalue weighted by Crippen LogP contribution is -2.31. The van der Waals surface area contributed by atoms with Crippen LogP contribution in [0.5, 0.6) is 0 Å². The molecule has 0 bridgehead atoms. The monoisotopic (exact) mass is 470 g/mol. The largest absolute Gasteiger partial charge is 0.417 e. The maximum atomic E-state index is 14.3. The fourth-order valence-corrected chi connectivity index (χ4v) is 3.28. The fraction of sp³-hybridized carbons (Fsp3) is 0.174. The lowest BCUT2D eigenvalue weighted by atomic mass is 10.1. The van der Waals surface area contributed by atoms with Crippen molar-refractivity contribution in [3.8, 4) is 0 Å². The van der Waals surface area contributed by atoms with Crippen molar-refractivity contribution in [2.45, 2.75) is 26.2 Å². The highest BCUT2D eigenvalue weighted by Gasteiger charge is 2.31. The van der Waals surface area contributed by atoms with Crippen molar-refractivity contribution in [2.75, 3.05) is 5.73 Å². The van der Waals surface area contributed by atoms with Crippen LogP contribution in [0.15, 0.2) is 55.0 Å². The number of pyridine rings is 4. The first-order valence-corrected chi connectivity index (χ1v) is 10.1. The highest BCUT2D eigenvalue weighted by Crippen LogP contribution is 2.28. The normalized spacial score (nSPS) is 11.6. The van der Waals surface area contributed by atoms with Crippen LogP contribution in [0.1, 0.15) is 32.9 Å². The molecule has 0 saturated carbocycles. The summed E-state index contributed by atoms with van der Waals surface area (Å²) in [5.74, 6) is -0.831. The number of fused-ring (bicyclic) bond motifs is 1. The molecule has 2 N–H and O–H groups in total. The van der Waals surface area contributed by atoms with Crippen LogP contribution in [-0.2, 0) is 19.3 Å². The van der Waals surface area contributed by atoms with Gasteiger partial charge in [0, 0.05) is 24.0 Å². The summed E-state index contributed by atoms with van der Waals surface area (Å²) in [6, 6.07) is 7.98. The summed E-state index contributed by atoms with van der Waals surface area (Å²) in [6.45, 7) is 1.36. The molecule has 0 saturated heterocycles. The number of alkyl halides is 3. The van der Waals surface area contributed by atoms with E-state index in [9.17, 15) is 22.4 Å². The predicted octanol–water partition coefficient (Wildman–Crippen LogP) is 4.31. The van der Waals surface area contributed by atoms with E-state index in [0.29, 0.717) is 28.6 Å². The van der Waals surface area contributed by atoms with E-state index < -0.39 is 23.5 Å². The van der Waals surface area contributed by atoms with Crippen molar-refractivity contribution in [3.05, 3.63) is 88.9 Å². The second-order valence-corrected chi connectivity index (χ2v) is 7.59. The van der Waals surface area contributed by atoms with E-state index >= 15 is 0 Å². The Morgan fingerprint density at radius 1 is 1.06 bits per heavy atom. The fourth-order valence-electron chi connectivity index (χ4n) is 3.28. The van der Waals surface area contributed by atoms with Gasteiger partial charge in [0.2, 0.25) is 0 Å². The van der Waals surface area contributed by atoms with Crippen molar-refractivity contribution in [3.63, 3.8) is 0 Å². The van der Waals surface area contributed by atoms with E-state index in [2.05, 4.69) is 19.9 Å². The summed E-state index contributed by atoms with van der Waals surface area (Å²) < 4.78 is 52.9. The maximum Gasteiger partial charge on any atom is 0.417 e. The van der Waals surface area contributed by atoms with Crippen molar-refractivity contribution in [1.29, 1.82) is 0 Å². The molecule has 4 aromatic rings. The molecule has 4 rings (SSSR count). The van der Waals surface area contributed by atoms with Gasteiger partial charge < -0.3 is 10.6 Å². The molecule has 1 amide bonds. The summed E-state index contributed by atoms with van der Waals surface area (Å²) in [4.78, 5) is 30.8. The molecule has 4 heterocycles. The van der Waals surface area contributed by atoms with Crippen LogP contribution in [-0.4, -0.2) is 30.7 Å². The van der Waals surface area contributed by atoms with Gasteiger partial charge in [0.05, 0.1) is 35.6 Å². The number of aryl methyl sites for hydroxylation is 1. The van der Waals surface area contributed by atoms with Gasteiger partial charge in [0.15, 0.2) is 5.65 Å². The van der Waals surface area contributed by atoms with Crippen LogP contribution in [0.3, 0.4) is 0 Å². The molecule has 0 aliphatic carbocycles. The number of carbonyl (C=O) groups is 1. The number of halogens is 4. The minimum Gasteiger partial charge on any atom is -0.383 e. The summed E-state index contributed by atoms with van der Waals surface area (Å²) in [7, 11) is 0. The number of hydrogen-bond acceptors (Lipinski definition) is 6. The Hall–Kier alpha value is -4.15. The molecule has 0 aliphatic rings. The second-order valence-electron chi connectivity index (χ2n) is 7.59. The quantitative estimate of drug-likeness (QED) is 0.437. The number of nitrogens with zero attached hydrogens (tertiary/aromatic N) is 5. The Bertz CT molecular complexity index is 1360. The smallest absolute Gasteiger partial charge is 0.383 e. The molecule has 0 spiro atoms. The molecule has 11 heteroatoms. The highest BCUT2D eigenvalue weighted by molar-refractivity contribution is 5.97. The molecule has 7 nitrogen and oxygen atoms in total. The third-order valence-electron chi connectivity index (χ3n) is 5.11. The van der Waals surface area contributed by atoms with Gasteiger partial charge in [0.1, 0.15) is 11.6 Å². The second kappa shape index (κ2) is 9.00. The summed E-state index contributed by atoms with van der Waals surface area (Å²) >= 11 is 0. The van der Waals surface area contributed by atoms with E-state index in [1.54, 1.807) is 19.1 Å². The summed E-state index contributed by atoms with van der Waals surface area (Å²) in [6.07, 6.45) is -1.15. The average molecular weight is 470 g/mol. The predicted molar refractivity (Wildman–Crippen MR) is 116 cm³/mol. The number of aromatic nitrogens is 4. The zero-order valence-corrected chi connectivity index (χ0v) is 17.8. The Labute approximate surface area is 191 Å². The lowest BCUT2D eigenvalue weighted by Gasteiger charge is -2.22. The van der Waals surface area contributed by atoms with Crippen LogP contribution < -0.4 is 5.73 Å². The van der Waals surface area contributed by atoms with Gasteiger partial charge in [-0.3, -0.25) is 14.8 Å². The standard InChI is InChI=1S/C23H18F4N6O/c1-13-7-14-8-15(9-31-21(14)32-20(13)28)22(34)33(12-19-18(24)3-2-6-29-19)11-17-5-4-16(10-30-17)23(25,26)27/h2-10H,11-12H2,1H3,(H2,28,31,32). The van der Waals surface area contributed by atoms with E-state index in [1.807, 2.05) is 0 Å². The number of nitrogens with two attached hydrogens (primary N) is 1. The molecule has 0 radical (unpaired) electrons. The van der Waals surface area contributed by atoms with Gasteiger partial charge in [-0.2, -0.15) is 13.2 Å². The molecule has 174 valence electrons. The van der Waals surface area contributed by atoms with E-state index in [-0.39, 0.29) is 30.0 Å². The van der Waals surface area contributed by atoms with Gasteiger partial charge in [-0.15, -0.1) is 0 Å². The number of nitrogen functional groups attached to an aromatic ring is 1. The zero-order chi connectivity index (χ0) is 24.5. The first kappa shape index (κ1) is 23.0. The van der Waals surface area contributed by atoms with Crippen molar-refractivity contribution in [1.82, 2.24) is 24.8 Å². The first-order chi connectivity index (χ1) is 16.1. The number of carbonyl (C=O) groups excluding carboxylic acids is 1. The molecule has 0 aromatic carbocycles. The average Bonchev–Trinajstić information content (AvgIpc) is 2.80. The van der Waals surface area contributed by atoms with Crippen LogP contribution in [0.2, 0.25) is 0 Å². The zero-order valence-electron chi connectivity index (χ0n) is 17.8. The van der Waals surface area contributed by atoms with E-state index in [0.717, 1.165) is 6.07 Å². The minimum atomic E-state index is -4.54. The van der Waals surface area contributed by atoms with Crippen molar-refractivity contribution >= 4 is 22.8 Å². The van der Waals surface area contributed by atoms with E-state index in [1.165, 1.54) is 35.5 Å². The first-order valence-electron chi connectivity index (χ1n) is 10.1. The number of rotatable bonds is 5. The van der Waals surface area contributed by atoms with Gasteiger partial charge in [-0.25, -0.2) is 14.4 Å². The van der Waals surface area contributed by atoms with Gasteiger partial charge in [-0.1, -0.05) is 0 Å². The Morgan fingerprint density at radius 2 is 1.85 bits per heavy atom. The number of anilines is 1. The maximum absolute atomic E-state index is 14.3. The van der Waals surface area contributed by atoms with E-state index in [4.69, 9.17) is 5.73 Å². The molecule has 0 atom stereocenters. The molecule has 4 aromatic heterocycles. The van der Waals surface area contributed by atoms with Gasteiger partial charge in [0.25, 0.3) is 5.91 Å². The summed E-state index contributed by atoms with van der Waals surface area (Å²) in [5.41, 5.74) is 6.33. The molecule has 34 heavy (non-hydrogen) atoms. The topological polar surface area (TPSA) is 97.9 Å². The summed E-state index contributed by atoms with van der Waals surface area (Å²) in [5, 5.41) is 0.578. The molecule has 0 unspecified atom stereocenters. The number of hydrogen-bond donors (Lipinski definition) is 1. The number of amides is 1. The van der Waals surface area contributed by atoms with Gasteiger partial charge >= 0.3 is 6.18 Å². The molecule has 0 fully saturated rings. The lowest BCUT2D eigenvalue weighted by molar-refractivity contribution is -0.137. The highest BCUT2D eigenvalue weighted by atomic mass is 19.4.